The van der Waals surface area contributed by atoms with E-state index in [4.69, 9.17) is 27.9 Å². The summed E-state index contributed by atoms with van der Waals surface area (Å²) in [6.45, 7) is 0.836. The summed E-state index contributed by atoms with van der Waals surface area (Å²) in [6.07, 6.45) is 0. The Hall–Kier alpha value is -3.21. The lowest BCUT2D eigenvalue weighted by Crippen LogP contribution is -2.06. The Morgan fingerprint density at radius 1 is 0.935 bits per heavy atom. The molecule has 31 heavy (non-hydrogen) atoms. The predicted molar refractivity (Wildman–Crippen MR) is 125 cm³/mol. The molecule has 0 aromatic heterocycles. The SMILES string of the molecule is O=C(O)c1cc(NCc2c(OCc3cccc(Cl)c3)ccc3ccccc23)ccc1Cl. The van der Waals surface area contributed by atoms with Crippen LogP contribution in [0, 0.1) is 0 Å². The molecule has 0 unspecified atom stereocenters. The van der Waals surface area contributed by atoms with Gasteiger partial charge in [-0.2, -0.15) is 0 Å². The molecule has 4 rings (SSSR count). The zero-order chi connectivity index (χ0) is 21.8. The number of benzene rings is 4. The summed E-state index contributed by atoms with van der Waals surface area (Å²) in [5.41, 5.74) is 2.67. The first-order valence-electron chi connectivity index (χ1n) is 9.66. The molecule has 4 nitrogen and oxygen atoms in total. The Bertz CT molecular complexity index is 1260. The fraction of sp³-hybridized carbons (Fsp3) is 0.0800. The molecule has 156 valence electrons. The van der Waals surface area contributed by atoms with Crippen molar-refractivity contribution in [3.05, 3.63) is 106 Å². The van der Waals surface area contributed by atoms with E-state index < -0.39 is 5.97 Å². The minimum absolute atomic E-state index is 0.0574. The number of hydrogen-bond acceptors (Lipinski definition) is 3. The number of hydrogen-bond donors (Lipinski definition) is 2. The highest BCUT2D eigenvalue weighted by Gasteiger charge is 2.12. The van der Waals surface area contributed by atoms with Crippen molar-refractivity contribution >= 4 is 45.6 Å². The van der Waals surface area contributed by atoms with Crippen molar-refractivity contribution in [1.82, 2.24) is 0 Å². The highest BCUT2D eigenvalue weighted by molar-refractivity contribution is 6.33. The number of fused-ring (bicyclic) bond motifs is 1. The van der Waals surface area contributed by atoms with Gasteiger partial charge in [0, 0.05) is 22.8 Å². The van der Waals surface area contributed by atoms with Gasteiger partial charge in [0.25, 0.3) is 0 Å². The highest BCUT2D eigenvalue weighted by atomic mass is 35.5. The average molecular weight is 452 g/mol. The Kier molecular flexibility index (Phi) is 6.31. The number of nitrogens with one attached hydrogen (secondary N) is 1. The van der Waals surface area contributed by atoms with Crippen molar-refractivity contribution in [1.29, 1.82) is 0 Å². The summed E-state index contributed by atoms with van der Waals surface area (Å²) < 4.78 is 6.14. The quantitative estimate of drug-likeness (QED) is 0.316. The largest absolute Gasteiger partial charge is 0.489 e. The van der Waals surface area contributed by atoms with Gasteiger partial charge in [0.1, 0.15) is 12.4 Å². The number of anilines is 1. The van der Waals surface area contributed by atoms with E-state index in [9.17, 15) is 9.90 Å². The van der Waals surface area contributed by atoms with E-state index in [2.05, 4.69) is 5.32 Å². The molecule has 0 atom stereocenters. The molecule has 0 aliphatic rings. The number of carboxylic acid groups (broad SMARTS) is 1. The topological polar surface area (TPSA) is 58.6 Å². The monoisotopic (exact) mass is 451 g/mol. The predicted octanol–water partition coefficient (Wildman–Crippen LogP) is 7.04. The van der Waals surface area contributed by atoms with Crippen LogP contribution >= 0.6 is 23.2 Å². The Morgan fingerprint density at radius 2 is 1.77 bits per heavy atom. The van der Waals surface area contributed by atoms with E-state index in [1.807, 2.05) is 60.7 Å². The lowest BCUT2D eigenvalue weighted by atomic mass is 10.0. The molecular weight excluding hydrogens is 433 g/mol. The molecule has 0 saturated heterocycles. The van der Waals surface area contributed by atoms with E-state index in [0.717, 1.165) is 27.6 Å². The molecule has 2 N–H and O–H groups in total. The molecule has 4 aromatic carbocycles. The Balaban J connectivity index is 1.62. The van der Waals surface area contributed by atoms with Crippen LogP contribution in [0.15, 0.2) is 78.9 Å². The van der Waals surface area contributed by atoms with Crippen LogP contribution in [0.25, 0.3) is 10.8 Å². The molecule has 4 aromatic rings. The number of aromatic carboxylic acids is 1. The number of rotatable bonds is 7. The molecule has 0 bridgehead atoms. The van der Waals surface area contributed by atoms with Crippen LogP contribution in [0.5, 0.6) is 5.75 Å². The third-order valence-corrected chi connectivity index (χ3v) is 5.51. The van der Waals surface area contributed by atoms with Gasteiger partial charge in [-0.15, -0.1) is 0 Å². The number of ether oxygens (including phenoxy) is 1. The van der Waals surface area contributed by atoms with Gasteiger partial charge in [-0.3, -0.25) is 0 Å². The number of carbonyl (C=O) groups is 1. The van der Waals surface area contributed by atoms with Crippen LogP contribution in [-0.2, 0) is 13.2 Å². The summed E-state index contributed by atoms with van der Waals surface area (Å²) in [4.78, 5) is 11.4. The van der Waals surface area contributed by atoms with Crippen molar-refractivity contribution in [2.75, 3.05) is 5.32 Å². The second kappa shape index (κ2) is 9.29. The van der Waals surface area contributed by atoms with Crippen molar-refractivity contribution in [3.63, 3.8) is 0 Å². The molecule has 0 spiro atoms. The minimum atomic E-state index is -1.07. The van der Waals surface area contributed by atoms with Gasteiger partial charge in [0.15, 0.2) is 0 Å². The van der Waals surface area contributed by atoms with Crippen LogP contribution in [0.2, 0.25) is 10.0 Å². The molecule has 0 fully saturated rings. The molecule has 0 aliphatic carbocycles. The number of halogens is 2. The average Bonchev–Trinajstić information content (AvgIpc) is 2.77. The molecular formula is C25H19Cl2NO3. The molecule has 0 heterocycles. The minimum Gasteiger partial charge on any atom is -0.489 e. The lowest BCUT2D eigenvalue weighted by Gasteiger charge is -2.16. The standard InChI is InChI=1S/C25H19Cl2NO3/c26-18-6-3-4-16(12-18)15-31-24-11-8-17-5-1-2-7-20(17)22(24)14-28-19-9-10-23(27)21(13-19)25(29)30/h1-13,28H,14-15H2,(H,29,30). The highest BCUT2D eigenvalue weighted by Crippen LogP contribution is 2.30. The van der Waals surface area contributed by atoms with Crippen molar-refractivity contribution in [2.45, 2.75) is 13.2 Å². The van der Waals surface area contributed by atoms with Gasteiger partial charge in [-0.05, 0) is 52.7 Å². The van der Waals surface area contributed by atoms with Gasteiger partial charge in [0.05, 0.1) is 10.6 Å². The van der Waals surface area contributed by atoms with Crippen LogP contribution in [0.1, 0.15) is 21.5 Å². The van der Waals surface area contributed by atoms with Gasteiger partial charge in [0.2, 0.25) is 0 Å². The maximum atomic E-state index is 11.4. The van der Waals surface area contributed by atoms with Crippen molar-refractivity contribution < 1.29 is 14.6 Å². The Morgan fingerprint density at radius 3 is 2.58 bits per heavy atom. The van der Waals surface area contributed by atoms with E-state index in [0.29, 0.717) is 23.9 Å². The van der Waals surface area contributed by atoms with E-state index in [-0.39, 0.29) is 10.6 Å². The summed E-state index contributed by atoms with van der Waals surface area (Å²) in [7, 11) is 0. The third-order valence-electron chi connectivity index (χ3n) is 4.95. The van der Waals surface area contributed by atoms with E-state index >= 15 is 0 Å². The fourth-order valence-electron chi connectivity index (χ4n) is 3.41. The normalized spacial score (nSPS) is 10.8. The smallest absolute Gasteiger partial charge is 0.337 e. The van der Waals surface area contributed by atoms with Gasteiger partial charge in [-0.1, -0.05) is 65.7 Å². The summed E-state index contributed by atoms with van der Waals surface area (Å²) >= 11 is 12.1. The fourth-order valence-corrected chi connectivity index (χ4v) is 3.82. The van der Waals surface area contributed by atoms with Crippen LogP contribution in [0.4, 0.5) is 5.69 Å². The first-order chi connectivity index (χ1) is 15.0. The zero-order valence-electron chi connectivity index (χ0n) is 16.4. The van der Waals surface area contributed by atoms with E-state index in [1.165, 1.54) is 6.07 Å². The maximum Gasteiger partial charge on any atom is 0.337 e. The van der Waals surface area contributed by atoms with Gasteiger partial charge >= 0.3 is 5.97 Å². The van der Waals surface area contributed by atoms with Crippen molar-refractivity contribution in [2.24, 2.45) is 0 Å². The van der Waals surface area contributed by atoms with Gasteiger partial charge < -0.3 is 15.2 Å². The summed E-state index contributed by atoms with van der Waals surface area (Å²) in [5.74, 6) is -0.317. The maximum absolute atomic E-state index is 11.4. The third kappa shape index (κ3) is 4.93. The summed E-state index contributed by atoms with van der Waals surface area (Å²) in [5, 5.41) is 15.6. The molecule has 0 amide bonds. The first-order valence-corrected chi connectivity index (χ1v) is 10.4. The second-order valence-corrected chi connectivity index (χ2v) is 7.88. The zero-order valence-corrected chi connectivity index (χ0v) is 18.0. The first kappa shape index (κ1) is 21.0. The molecule has 0 aliphatic heterocycles. The molecule has 0 saturated carbocycles. The van der Waals surface area contributed by atoms with Gasteiger partial charge in [-0.25, -0.2) is 4.79 Å². The van der Waals surface area contributed by atoms with Crippen LogP contribution < -0.4 is 10.1 Å². The molecule has 6 heteroatoms. The Labute approximate surface area is 190 Å². The molecule has 0 radical (unpaired) electrons. The summed E-state index contributed by atoms with van der Waals surface area (Å²) in [6, 6.07) is 24.5. The van der Waals surface area contributed by atoms with Crippen LogP contribution in [-0.4, -0.2) is 11.1 Å². The van der Waals surface area contributed by atoms with Crippen molar-refractivity contribution in [3.8, 4) is 5.75 Å². The lowest BCUT2D eigenvalue weighted by molar-refractivity contribution is 0.0697. The number of carboxylic acids is 1. The second-order valence-electron chi connectivity index (χ2n) is 7.04. The van der Waals surface area contributed by atoms with E-state index in [1.54, 1.807) is 12.1 Å². The van der Waals surface area contributed by atoms with Crippen LogP contribution in [0.3, 0.4) is 0 Å².